The summed E-state index contributed by atoms with van der Waals surface area (Å²) in [5.74, 6) is -0.592. The van der Waals surface area contributed by atoms with Crippen LogP contribution in [0.15, 0.2) is 12.2 Å². The number of phosphoric acid groups is 1. The molecular formula is C42H82NO12P. The van der Waals surface area contributed by atoms with Gasteiger partial charge in [0.2, 0.25) is 5.91 Å². The topological polar surface area (TPSA) is 226 Å². The molecule has 0 radical (unpaired) electrons. The van der Waals surface area contributed by atoms with E-state index >= 15 is 0 Å². The van der Waals surface area contributed by atoms with Gasteiger partial charge < -0.3 is 46.0 Å². The van der Waals surface area contributed by atoms with Gasteiger partial charge in [0, 0.05) is 0 Å². The van der Waals surface area contributed by atoms with Gasteiger partial charge in [-0.25, -0.2) is 4.57 Å². The number of hydrogen-bond donors (Lipinski definition) is 9. The van der Waals surface area contributed by atoms with Gasteiger partial charge in [0.1, 0.15) is 36.6 Å². The van der Waals surface area contributed by atoms with E-state index in [4.69, 9.17) is 9.05 Å². The first-order valence-electron chi connectivity index (χ1n) is 22.2. The van der Waals surface area contributed by atoms with E-state index in [-0.39, 0.29) is 6.42 Å². The molecule has 0 heterocycles. The Balaban J connectivity index is 2.59. The average molecular weight is 824 g/mol. The molecule has 14 heteroatoms. The highest BCUT2D eigenvalue weighted by Crippen LogP contribution is 2.47. The van der Waals surface area contributed by atoms with Crippen LogP contribution in [0.5, 0.6) is 0 Å². The van der Waals surface area contributed by atoms with Gasteiger partial charge in [0.25, 0.3) is 0 Å². The van der Waals surface area contributed by atoms with Crippen LogP contribution >= 0.6 is 7.82 Å². The van der Waals surface area contributed by atoms with Gasteiger partial charge >= 0.3 is 7.82 Å². The molecule has 0 saturated heterocycles. The van der Waals surface area contributed by atoms with Crippen molar-refractivity contribution in [1.82, 2.24) is 5.32 Å². The van der Waals surface area contributed by atoms with Crippen molar-refractivity contribution in [2.24, 2.45) is 0 Å². The van der Waals surface area contributed by atoms with Gasteiger partial charge in [-0.1, -0.05) is 174 Å². The maximum Gasteiger partial charge on any atom is 0.472 e. The van der Waals surface area contributed by atoms with Crippen LogP contribution < -0.4 is 5.32 Å². The van der Waals surface area contributed by atoms with E-state index in [0.717, 1.165) is 44.9 Å². The molecule has 1 aliphatic carbocycles. The highest BCUT2D eigenvalue weighted by Gasteiger charge is 2.51. The van der Waals surface area contributed by atoms with Crippen LogP contribution in [0, 0.1) is 0 Å². The van der Waals surface area contributed by atoms with Crippen molar-refractivity contribution in [3.63, 3.8) is 0 Å². The lowest BCUT2D eigenvalue weighted by Gasteiger charge is -2.41. The largest absolute Gasteiger partial charge is 0.472 e. The molecule has 1 saturated carbocycles. The maximum absolute atomic E-state index is 13.0. The second-order valence-electron chi connectivity index (χ2n) is 16.1. The molecule has 0 spiro atoms. The predicted molar refractivity (Wildman–Crippen MR) is 220 cm³/mol. The van der Waals surface area contributed by atoms with Crippen molar-refractivity contribution in [1.29, 1.82) is 0 Å². The first-order chi connectivity index (χ1) is 26.8. The molecule has 0 bridgehead atoms. The molecule has 1 rings (SSSR count). The Hall–Kier alpha value is -0.960. The van der Waals surface area contributed by atoms with Crippen molar-refractivity contribution < 1.29 is 59.0 Å². The third-order valence-electron chi connectivity index (χ3n) is 10.9. The van der Waals surface area contributed by atoms with Crippen LogP contribution in [0.25, 0.3) is 0 Å². The normalized spacial score (nSPS) is 24.2. The van der Waals surface area contributed by atoms with E-state index in [0.29, 0.717) is 12.8 Å². The number of aliphatic hydroxyl groups is 7. The average Bonchev–Trinajstić information content (AvgIpc) is 3.17. The zero-order chi connectivity index (χ0) is 41.6. The summed E-state index contributed by atoms with van der Waals surface area (Å²) in [5, 5.41) is 74.3. The Kier molecular flexibility index (Phi) is 31.1. The number of allylic oxidation sites excluding steroid dienone is 1. The molecule has 8 atom stereocenters. The zero-order valence-corrected chi connectivity index (χ0v) is 35.7. The fourth-order valence-corrected chi connectivity index (χ4v) is 8.15. The first kappa shape index (κ1) is 53.1. The van der Waals surface area contributed by atoms with Gasteiger partial charge in [-0.2, -0.15) is 0 Å². The number of aliphatic hydroxyl groups excluding tert-OH is 7. The van der Waals surface area contributed by atoms with Crippen LogP contribution in [0.2, 0.25) is 0 Å². The molecule has 0 aromatic heterocycles. The Morgan fingerprint density at radius 2 is 1.02 bits per heavy atom. The Bertz CT molecular complexity index is 1020. The minimum absolute atomic E-state index is 0.240. The van der Waals surface area contributed by atoms with Crippen molar-refractivity contribution >= 4 is 13.7 Å². The van der Waals surface area contributed by atoms with Gasteiger partial charge in [0.05, 0.1) is 31.3 Å². The summed E-state index contributed by atoms with van der Waals surface area (Å²) >= 11 is 0. The summed E-state index contributed by atoms with van der Waals surface area (Å²) in [5.41, 5.74) is 0. The number of carbonyl (C=O) groups excluding carboxylic acids is 1. The molecule has 8 unspecified atom stereocenters. The molecule has 1 aliphatic rings. The number of rotatable bonds is 36. The molecule has 56 heavy (non-hydrogen) atoms. The van der Waals surface area contributed by atoms with Crippen LogP contribution in [-0.4, -0.2) is 108 Å². The number of unbranched alkanes of at least 4 members (excludes halogenated alkanes) is 23. The fraction of sp³-hybridized carbons (Fsp3) is 0.929. The second-order valence-corrected chi connectivity index (χ2v) is 17.5. The standard InChI is InChI=1S/C42H82NO12P/c1-3-5-7-9-11-13-15-17-19-21-23-25-27-29-33(44)31-36(46)43-34(35(45)30-28-26-24-22-20-18-16-14-12-10-8-6-4-2)32-54-56(52,53)55-42-40(50)38(48)37(47)39(49)41(42)51/h28,30,33-35,37-42,44-45,47-51H,3-27,29,31-32H2,1-2H3,(H,43,46)(H,52,53)/b30-28+. The molecule has 0 aromatic rings. The highest BCUT2D eigenvalue weighted by atomic mass is 31.2. The maximum atomic E-state index is 13.0. The lowest BCUT2D eigenvalue weighted by molar-refractivity contribution is -0.220. The van der Waals surface area contributed by atoms with Gasteiger partial charge in [0.15, 0.2) is 0 Å². The quantitative estimate of drug-likeness (QED) is 0.0184. The van der Waals surface area contributed by atoms with Crippen LogP contribution in [-0.2, 0) is 18.4 Å². The number of nitrogens with one attached hydrogen (secondary N) is 1. The summed E-state index contributed by atoms with van der Waals surface area (Å²) < 4.78 is 22.8. The van der Waals surface area contributed by atoms with E-state index in [2.05, 4.69) is 19.2 Å². The number of phosphoric ester groups is 1. The summed E-state index contributed by atoms with van der Waals surface area (Å²) in [7, 11) is -5.13. The minimum Gasteiger partial charge on any atom is -0.393 e. The third-order valence-corrected chi connectivity index (χ3v) is 11.9. The molecule has 13 nitrogen and oxygen atoms in total. The minimum atomic E-state index is -5.13. The monoisotopic (exact) mass is 824 g/mol. The van der Waals surface area contributed by atoms with Gasteiger partial charge in [-0.05, 0) is 19.3 Å². The lowest BCUT2D eigenvalue weighted by Crippen LogP contribution is -2.64. The van der Waals surface area contributed by atoms with Crippen LogP contribution in [0.3, 0.4) is 0 Å². The first-order valence-corrected chi connectivity index (χ1v) is 23.7. The Morgan fingerprint density at radius 1 is 0.625 bits per heavy atom. The lowest BCUT2D eigenvalue weighted by atomic mass is 9.85. The fourth-order valence-electron chi connectivity index (χ4n) is 7.18. The SMILES string of the molecule is CCCCCCCCCCCCC/C=C/C(O)C(COP(=O)(O)OC1C(O)C(O)C(O)C(O)C1O)NC(=O)CC(O)CCCCCCCCCCCCCCC. The molecule has 0 aliphatic heterocycles. The van der Waals surface area contributed by atoms with E-state index in [9.17, 15) is 50.0 Å². The number of hydrogen-bond acceptors (Lipinski definition) is 11. The van der Waals surface area contributed by atoms with Crippen molar-refractivity contribution in [3.05, 3.63) is 12.2 Å². The number of carbonyl (C=O) groups is 1. The molecule has 332 valence electrons. The third kappa shape index (κ3) is 24.8. The van der Waals surface area contributed by atoms with Crippen LogP contribution in [0.1, 0.15) is 187 Å². The van der Waals surface area contributed by atoms with Crippen LogP contribution in [0.4, 0.5) is 0 Å². The van der Waals surface area contributed by atoms with E-state index in [1.807, 2.05) is 0 Å². The smallest absolute Gasteiger partial charge is 0.393 e. The summed E-state index contributed by atoms with van der Waals surface area (Å²) in [4.78, 5) is 23.4. The van der Waals surface area contributed by atoms with Crippen molar-refractivity contribution in [3.8, 4) is 0 Å². The predicted octanol–water partition coefficient (Wildman–Crippen LogP) is 6.64. The van der Waals surface area contributed by atoms with Crippen molar-refractivity contribution in [2.75, 3.05) is 6.61 Å². The Morgan fingerprint density at radius 3 is 1.46 bits per heavy atom. The summed E-state index contributed by atoms with van der Waals surface area (Å²) in [6.07, 6.45) is 18.8. The van der Waals surface area contributed by atoms with Crippen molar-refractivity contribution in [2.45, 2.75) is 242 Å². The molecule has 0 aromatic carbocycles. The Labute approximate surface area is 338 Å². The summed E-state index contributed by atoms with van der Waals surface area (Å²) in [6, 6.07) is -1.23. The molecular weight excluding hydrogens is 741 g/mol. The highest BCUT2D eigenvalue weighted by molar-refractivity contribution is 7.47. The van der Waals surface area contributed by atoms with Gasteiger partial charge in [-0.15, -0.1) is 0 Å². The summed E-state index contributed by atoms with van der Waals surface area (Å²) in [6.45, 7) is 3.72. The molecule has 1 fully saturated rings. The molecule has 1 amide bonds. The van der Waals surface area contributed by atoms with Gasteiger partial charge in [-0.3, -0.25) is 13.8 Å². The number of amides is 1. The second kappa shape index (κ2) is 32.8. The van der Waals surface area contributed by atoms with E-state index < -0.39 is 75.2 Å². The van der Waals surface area contributed by atoms with E-state index in [1.165, 1.54) is 115 Å². The van der Waals surface area contributed by atoms with E-state index in [1.54, 1.807) is 6.08 Å². The zero-order valence-electron chi connectivity index (χ0n) is 34.8. The molecule has 9 N–H and O–H groups in total.